The normalized spacial score (nSPS) is 21.6. The van der Waals surface area contributed by atoms with Gasteiger partial charge in [-0.25, -0.2) is 4.98 Å². The van der Waals surface area contributed by atoms with Gasteiger partial charge in [0.15, 0.2) is 0 Å². The highest BCUT2D eigenvalue weighted by Gasteiger charge is 2.25. The number of hydrogen-bond acceptors (Lipinski definition) is 5. The maximum Gasteiger partial charge on any atom is 0.244 e. The Labute approximate surface area is 140 Å². The number of hydrogen-bond donors (Lipinski definition) is 1. The van der Waals surface area contributed by atoms with Gasteiger partial charge in [-0.1, -0.05) is 0 Å². The van der Waals surface area contributed by atoms with Crippen LogP contribution in [-0.2, 0) is 14.3 Å². The van der Waals surface area contributed by atoms with Gasteiger partial charge >= 0.3 is 0 Å². The molecule has 2 rings (SSSR count). The summed E-state index contributed by atoms with van der Waals surface area (Å²) in [6, 6.07) is 0. The molecule has 0 radical (unpaired) electrons. The summed E-state index contributed by atoms with van der Waals surface area (Å²) in [5.41, 5.74) is 0.773. The van der Waals surface area contributed by atoms with Crippen LogP contribution in [0.1, 0.15) is 31.0 Å². The van der Waals surface area contributed by atoms with Crippen LogP contribution in [0.3, 0.4) is 0 Å². The monoisotopic (exact) mass is 337 g/mol. The molecule has 0 unspecified atom stereocenters. The lowest BCUT2D eigenvalue weighted by molar-refractivity contribution is -0.143. The van der Waals surface area contributed by atoms with Crippen LogP contribution in [-0.4, -0.2) is 53.5 Å². The van der Waals surface area contributed by atoms with Crippen molar-refractivity contribution < 1.29 is 14.3 Å². The van der Waals surface area contributed by atoms with Gasteiger partial charge in [-0.05, 0) is 26.8 Å². The molecule has 0 aliphatic carbocycles. The van der Waals surface area contributed by atoms with Gasteiger partial charge in [0.1, 0.15) is 0 Å². The molecule has 2 heterocycles. The average Bonchev–Trinajstić information content (AvgIpc) is 2.89. The van der Waals surface area contributed by atoms with E-state index in [0.29, 0.717) is 26.1 Å². The van der Waals surface area contributed by atoms with Gasteiger partial charge in [-0.3, -0.25) is 9.59 Å². The van der Waals surface area contributed by atoms with Gasteiger partial charge in [0.05, 0.1) is 22.9 Å². The molecular weight excluding hydrogens is 314 g/mol. The standard InChI is InChI=1S/C16H23N3O3S/c1-11-8-19(9-12(2)22-11)16(21)6-7-17-15(20)5-4-14-10-23-13(3)18-14/h4-5,10-12H,6-9H2,1-3H3,(H,17,20)/b5-4+/t11-,12+. The zero-order valence-corrected chi connectivity index (χ0v) is 14.6. The lowest BCUT2D eigenvalue weighted by atomic mass is 10.2. The Morgan fingerprint density at radius 3 is 2.74 bits per heavy atom. The summed E-state index contributed by atoms with van der Waals surface area (Å²) in [6.07, 6.45) is 3.53. The molecule has 2 amide bonds. The maximum absolute atomic E-state index is 12.1. The molecule has 1 fully saturated rings. The summed E-state index contributed by atoms with van der Waals surface area (Å²) >= 11 is 1.54. The fraction of sp³-hybridized carbons (Fsp3) is 0.562. The first-order chi connectivity index (χ1) is 10.9. The first-order valence-corrected chi connectivity index (χ1v) is 8.63. The van der Waals surface area contributed by atoms with Crippen LogP contribution in [0, 0.1) is 6.92 Å². The van der Waals surface area contributed by atoms with Crippen molar-refractivity contribution in [2.24, 2.45) is 0 Å². The van der Waals surface area contributed by atoms with E-state index in [9.17, 15) is 9.59 Å². The molecule has 23 heavy (non-hydrogen) atoms. The van der Waals surface area contributed by atoms with Gasteiger partial charge < -0.3 is 15.0 Å². The van der Waals surface area contributed by atoms with E-state index in [1.807, 2.05) is 26.2 Å². The van der Waals surface area contributed by atoms with Crippen molar-refractivity contribution >= 4 is 29.2 Å². The van der Waals surface area contributed by atoms with Crippen molar-refractivity contribution in [1.82, 2.24) is 15.2 Å². The molecule has 0 saturated carbocycles. The Bertz CT molecular complexity index is 575. The molecule has 1 saturated heterocycles. The van der Waals surface area contributed by atoms with Crippen molar-refractivity contribution in [2.75, 3.05) is 19.6 Å². The summed E-state index contributed by atoms with van der Waals surface area (Å²) in [5, 5.41) is 5.58. The van der Waals surface area contributed by atoms with Crippen molar-refractivity contribution in [3.63, 3.8) is 0 Å². The summed E-state index contributed by atoms with van der Waals surface area (Å²) in [6.45, 7) is 7.39. The molecule has 7 heteroatoms. The second-order valence-corrected chi connectivity index (χ2v) is 6.78. The third-order valence-corrected chi connectivity index (χ3v) is 4.24. The average molecular weight is 337 g/mol. The molecule has 1 N–H and O–H groups in total. The predicted molar refractivity (Wildman–Crippen MR) is 90.1 cm³/mol. The Kier molecular flexibility index (Phi) is 6.29. The number of nitrogens with zero attached hydrogens (tertiary/aromatic N) is 2. The van der Waals surface area contributed by atoms with Crippen LogP contribution in [0.15, 0.2) is 11.5 Å². The minimum Gasteiger partial charge on any atom is -0.372 e. The first-order valence-electron chi connectivity index (χ1n) is 7.75. The van der Waals surface area contributed by atoms with Gasteiger partial charge in [0.25, 0.3) is 0 Å². The number of ether oxygens (including phenoxy) is 1. The highest BCUT2D eigenvalue weighted by molar-refractivity contribution is 7.09. The van der Waals surface area contributed by atoms with E-state index < -0.39 is 0 Å². The third kappa shape index (κ3) is 5.76. The predicted octanol–water partition coefficient (Wildman–Crippen LogP) is 1.61. The number of aromatic nitrogens is 1. The molecule has 2 atom stereocenters. The van der Waals surface area contributed by atoms with E-state index in [1.165, 1.54) is 17.4 Å². The molecule has 0 spiro atoms. The second kappa shape index (κ2) is 8.21. The van der Waals surface area contributed by atoms with Crippen LogP contribution in [0.5, 0.6) is 0 Å². The summed E-state index contributed by atoms with van der Waals surface area (Å²) in [7, 11) is 0. The van der Waals surface area contributed by atoms with Crippen molar-refractivity contribution in [1.29, 1.82) is 0 Å². The van der Waals surface area contributed by atoms with E-state index in [-0.39, 0.29) is 24.0 Å². The number of thiazole rings is 1. The molecule has 0 aromatic carbocycles. The summed E-state index contributed by atoms with van der Waals surface area (Å²) < 4.78 is 5.61. The van der Waals surface area contributed by atoms with Gasteiger partial charge in [0.2, 0.25) is 11.8 Å². The smallest absolute Gasteiger partial charge is 0.244 e. The number of carbonyl (C=O) groups excluding carboxylic acids is 2. The molecule has 1 aliphatic rings. The lowest BCUT2D eigenvalue weighted by Gasteiger charge is -2.35. The van der Waals surface area contributed by atoms with Gasteiger partial charge in [-0.2, -0.15) is 0 Å². The highest BCUT2D eigenvalue weighted by atomic mass is 32.1. The Balaban J connectivity index is 1.70. The number of morpholine rings is 1. The third-order valence-electron chi connectivity index (χ3n) is 3.45. The van der Waals surface area contributed by atoms with E-state index in [1.54, 1.807) is 11.0 Å². The highest BCUT2D eigenvalue weighted by Crippen LogP contribution is 2.11. The maximum atomic E-state index is 12.1. The zero-order chi connectivity index (χ0) is 16.8. The Morgan fingerprint density at radius 2 is 2.13 bits per heavy atom. The minimum atomic E-state index is -0.216. The van der Waals surface area contributed by atoms with Crippen LogP contribution in [0.2, 0.25) is 0 Å². The molecular formula is C16H23N3O3S. The fourth-order valence-electron chi connectivity index (χ4n) is 2.51. The number of amides is 2. The van der Waals surface area contributed by atoms with E-state index in [2.05, 4.69) is 10.3 Å². The van der Waals surface area contributed by atoms with Crippen LogP contribution < -0.4 is 5.32 Å². The number of nitrogens with one attached hydrogen (secondary N) is 1. The summed E-state index contributed by atoms with van der Waals surface area (Å²) in [4.78, 5) is 29.9. The van der Waals surface area contributed by atoms with Crippen LogP contribution in [0.4, 0.5) is 0 Å². The number of rotatable bonds is 5. The molecule has 1 aromatic rings. The fourth-order valence-corrected chi connectivity index (χ4v) is 3.09. The van der Waals surface area contributed by atoms with Crippen molar-refractivity contribution in [2.45, 2.75) is 39.4 Å². The van der Waals surface area contributed by atoms with E-state index >= 15 is 0 Å². The Morgan fingerprint density at radius 1 is 1.43 bits per heavy atom. The SMILES string of the molecule is Cc1nc(/C=C/C(=O)NCCC(=O)N2C[C@@H](C)O[C@@H](C)C2)cs1. The number of carbonyl (C=O) groups is 2. The molecule has 126 valence electrons. The van der Waals surface area contributed by atoms with Crippen LogP contribution in [0.25, 0.3) is 6.08 Å². The minimum absolute atomic E-state index is 0.0476. The first kappa shape index (κ1) is 17.6. The molecule has 1 aromatic heterocycles. The van der Waals surface area contributed by atoms with Gasteiger partial charge in [0, 0.05) is 37.5 Å². The zero-order valence-electron chi connectivity index (χ0n) is 13.7. The largest absolute Gasteiger partial charge is 0.372 e. The summed E-state index contributed by atoms with van der Waals surface area (Å²) in [5.74, 6) is -0.168. The second-order valence-electron chi connectivity index (χ2n) is 5.72. The van der Waals surface area contributed by atoms with E-state index in [0.717, 1.165) is 10.7 Å². The van der Waals surface area contributed by atoms with Gasteiger partial charge in [-0.15, -0.1) is 11.3 Å². The van der Waals surface area contributed by atoms with Crippen molar-refractivity contribution in [3.05, 3.63) is 22.2 Å². The lowest BCUT2D eigenvalue weighted by Crippen LogP contribution is -2.48. The number of aryl methyl sites for hydroxylation is 1. The van der Waals surface area contributed by atoms with Crippen molar-refractivity contribution in [3.8, 4) is 0 Å². The molecule has 0 bridgehead atoms. The molecule has 6 nitrogen and oxygen atoms in total. The van der Waals surface area contributed by atoms with E-state index in [4.69, 9.17) is 4.74 Å². The Hall–Kier alpha value is -1.73. The molecule has 1 aliphatic heterocycles. The topological polar surface area (TPSA) is 71.5 Å². The quantitative estimate of drug-likeness (QED) is 0.829. The van der Waals surface area contributed by atoms with Crippen LogP contribution >= 0.6 is 11.3 Å².